The van der Waals surface area contributed by atoms with Crippen molar-refractivity contribution in [3.05, 3.63) is 161 Å². The van der Waals surface area contributed by atoms with Gasteiger partial charge in [-0.25, -0.2) is 4.98 Å². The number of hydrogen-bond donors (Lipinski definition) is 0. The quantitative estimate of drug-likeness (QED) is 0.266. The summed E-state index contributed by atoms with van der Waals surface area (Å²) in [5.74, 6) is 3.43. The summed E-state index contributed by atoms with van der Waals surface area (Å²) in [6.45, 7) is 2.41. The molecule has 5 nitrogen and oxygen atoms in total. The Labute approximate surface area is 289 Å². The molecule has 3 aromatic rings. The summed E-state index contributed by atoms with van der Waals surface area (Å²) < 4.78 is 0. The van der Waals surface area contributed by atoms with Gasteiger partial charge >= 0.3 is 0 Å². The highest BCUT2D eigenvalue weighted by atomic mass is 15.4. The molecule has 0 spiro atoms. The van der Waals surface area contributed by atoms with Crippen LogP contribution >= 0.6 is 0 Å². The zero-order chi connectivity index (χ0) is 32.5. The maximum Gasteiger partial charge on any atom is 0.234 e. The largest absolute Gasteiger partial charge is 0.335 e. The van der Waals surface area contributed by atoms with Crippen molar-refractivity contribution in [2.45, 2.75) is 69.4 Å². The van der Waals surface area contributed by atoms with E-state index in [1.54, 1.807) is 0 Å². The van der Waals surface area contributed by atoms with Crippen LogP contribution in [0.3, 0.4) is 0 Å². The summed E-state index contributed by atoms with van der Waals surface area (Å²) in [7, 11) is 0. The van der Waals surface area contributed by atoms with Crippen molar-refractivity contribution in [3.63, 3.8) is 0 Å². The highest BCUT2D eigenvalue weighted by Crippen LogP contribution is 2.60. The van der Waals surface area contributed by atoms with Crippen molar-refractivity contribution < 1.29 is 0 Å². The van der Waals surface area contributed by atoms with Gasteiger partial charge < -0.3 is 9.80 Å². The maximum absolute atomic E-state index is 5.45. The molecule has 0 amide bonds. The average Bonchev–Trinajstić information content (AvgIpc) is 3.71. The fourth-order valence-corrected chi connectivity index (χ4v) is 9.53. The number of anilines is 1. The Morgan fingerprint density at radius 2 is 1.63 bits per heavy atom. The van der Waals surface area contributed by atoms with Gasteiger partial charge in [-0.15, -0.1) is 0 Å². The molecule has 0 fully saturated rings. The highest BCUT2D eigenvalue weighted by molar-refractivity contribution is 5.87. The molecule has 2 aromatic carbocycles. The molecule has 0 saturated carbocycles. The molecule has 5 aliphatic carbocycles. The number of aromatic nitrogens is 3. The van der Waals surface area contributed by atoms with Crippen LogP contribution in [-0.4, -0.2) is 31.9 Å². The predicted octanol–water partition coefficient (Wildman–Crippen LogP) is 9.57. The standard InChI is InChI=1S/C44H41N5/c1-28-16-15-26-35-38-33-24-12-11-23-32(33)37-34-25-13-14-27-36(34)49(41(37)40(38)48(39(28)35)31-21-9-4-10-22-31)44-46-42(29-17-5-2-6-18-29)45-43(47-44)30-19-7-3-8-20-30/h2,5-7,9,11-15,17-19,21-28,30,34,36,38,40H,3-4,8,10,16,20H2,1H3/t28?,30?,34-,36?,38?,40?/m0/s1. The zero-order valence-corrected chi connectivity index (χ0v) is 28.0. The molecule has 5 unspecified atom stereocenters. The van der Waals surface area contributed by atoms with E-state index in [0.29, 0.717) is 5.92 Å². The Bertz CT molecular complexity index is 2090. The van der Waals surface area contributed by atoms with Crippen LogP contribution in [0.4, 0.5) is 5.95 Å². The third-order valence-electron chi connectivity index (χ3n) is 11.6. The lowest BCUT2D eigenvalue weighted by Gasteiger charge is -2.42. The average molecular weight is 640 g/mol. The summed E-state index contributed by atoms with van der Waals surface area (Å²) in [6.07, 6.45) is 32.5. The van der Waals surface area contributed by atoms with Crippen LogP contribution < -0.4 is 4.90 Å². The van der Waals surface area contributed by atoms with Crippen molar-refractivity contribution in [2.75, 3.05) is 4.90 Å². The topological polar surface area (TPSA) is 45.2 Å². The van der Waals surface area contributed by atoms with Crippen molar-refractivity contribution >= 4 is 11.5 Å². The van der Waals surface area contributed by atoms with Crippen LogP contribution in [0.5, 0.6) is 0 Å². The molecule has 3 heterocycles. The third kappa shape index (κ3) is 4.47. The molecule has 0 radical (unpaired) electrons. The Hall–Kier alpha value is -5.03. The molecule has 5 heteroatoms. The van der Waals surface area contributed by atoms with E-state index in [2.05, 4.69) is 138 Å². The number of nitrogens with zero attached hydrogens (tertiary/aromatic N) is 5. The number of benzene rings is 2. The summed E-state index contributed by atoms with van der Waals surface area (Å²) in [5, 5.41) is 0. The summed E-state index contributed by atoms with van der Waals surface area (Å²) in [5.41, 5.74) is 10.9. The minimum Gasteiger partial charge on any atom is -0.335 e. The molecule has 242 valence electrons. The lowest BCUT2D eigenvalue weighted by Crippen LogP contribution is -2.44. The molecule has 10 rings (SSSR count). The van der Waals surface area contributed by atoms with Gasteiger partial charge in [-0.05, 0) is 66.9 Å². The van der Waals surface area contributed by atoms with Gasteiger partial charge in [-0.1, -0.05) is 122 Å². The van der Waals surface area contributed by atoms with E-state index in [1.807, 2.05) is 0 Å². The van der Waals surface area contributed by atoms with Gasteiger partial charge in [0.25, 0.3) is 0 Å². The zero-order valence-electron chi connectivity index (χ0n) is 28.0. The second-order valence-corrected chi connectivity index (χ2v) is 14.5. The van der Waals surface area contributed by atoms with E-state index >= 15 is 0 Å². The minimum atomic E-state index is 0.0749. The van der Waals surface area contributed by atoms with E-state index < -0.39 is 0 Å². The molecule has 7 aliphatic rings. The Kier molecular flexibility index (Phi) is 6.82. The summed E-state index contributed by atoms with van der Waals surface area (Å²) in [4.78, 5) is 21.3. The SMILES string of the molecule is CC1CC=CC2=C1N(C1=CCCC=C1)C1C3=C(c4ccccc4C21)[C@H]1C=CC=CC1N3c1nc(-c2ccccc2)nc(C2C=CCCC2)n1. The number of fused-ring (bicyclic) bond motifs is 8. The maximum atomic E-state index is 5.45. The van der Waals surface area contributed by atoms with E-state index in [4.69, 9.17) is 15.0 Å². The first kappa shape index (κ1) is 28.9. The lowest BCUT2D eigenvalue weighted by molar-refractivity contribution is 0.331. The van der Waals surface area contributed by atoms with Crippen LogP contribution in [0.25, 0.3) is 17.0 Å². The van der Waals surface area contributed by atoms with Gasteiger partial charge in [-0.3, -0.25) is 0 Å². The van der Waals surface area contributed by atoms with Crippen LogP contribution in [0, 0.1) is 11.8 Å². The smallest absolute Gasteiger partial charge is 0.234 e. The molecule has 0 N–H and O–H groups in total. The molecule has 0 bridgehead atoms. The Morgan fingerprint density at radius 3 is 2.49 bits per heavy atom. The van der Waals surface area contributed by atoms with Crippen LogP contribution in [-0.2, 0) is 0 Å². The monoisotopic (exact) mass is 639 g/mol. The lowest BCUT2D eigenvalue weighted by atomic mass is 9.72. The van der Waals surface area contributed by atoms with Crippen molar-refractivity contribution in [1.29, 1.82) is 0 Å². The third-order valence-corrected chi connectivity index (χ3v) is 11.6. The van der Waals surface area contributed by atoms with Gasteiger partial charge in [0.05, 0.1) is 17.8 Å². The summed E-state index contributed by atoms with van der Waals surface area (Å²) >= 11 is 0. The van der Waals surface area contributed by atoms with E-state index in [1.165, 1.54) is 39.4 Å². The number of rotatable bonds is 4. The van der Waals surface area contributed by atoms with Gasteiger partial charge in [-0.2, -0.15) is 9.97 Å². The molecular formula is C44H41N5. The number of hydrogen-bond acceptors (Lipinski definition) is 5. The van der Waals surface area contributed by atoms with Crippen LogP contribution in [0.15, 0.2) is 144 Å². The van der Waals surface area contributed by atoms with Crippen LogP contribution in [0.1, 0.15) is 74.2 Å². The fourth-order valence-electron chi connectivity index (χ4n) is 9.53. The second-order valence-electron chi connectivity index (χ2n) is 14.5. The van der Waals surface area contributed by atoms with Gasteiger partial charge in [0.1, 0.15) is 5.82 Å². The normalized spacial score (nSPS) is 29.1. The fraction of sp³-hybridized carbons (Fsp3) is 0.295. The Morgan fingerprint density at radius 1 is 0.755 bits per heavy atom. The van der Waals surface area contributed by atoms with E-state index in [0.717, 1.165) is 61.7 Å². The van der Waals surface area contributed by atoms with Gasteiger partial charge in [0.2, 0.25) is 5.95 Å². The molecule has 0 saturated heterocycles. The predicted molar refractivity (Wildman–Crippen MR) is 197 cm³/mol. The number of allylic oxidation sites excluding steroid dienone is 10. The van der Waals surface area contributed by atoms with E-state index in [9.17, 15) is 0 Å². The summed E-state index contributed by atoms with van der Waals surface area (Å²) in [6, 6.07) is 19.9. The van der Waals surface area contributed by atoms with E-state index in [-0.39, 0.29) is 29.8 Å². The van der Waals surface area contributed by atoms with Crippen molar-refractivity contribution in [1.82, 2.24) is 19.9 Å². The minimum absolute atomic E-state index is 0.0749. The Balaban J connectivity index is 1.24. The van der Waals surface area contributed by atoms with Gasteiger partial charge in [0, 0.05) is 40.6 Å². The van der Waals surface area contributed by atoms with Crippen LogP contribution in [0.2, 0.25) is 0 Å². The molecule has 2 aliphatic heterocycles. The molecule has 49 heavy (non-hydrogen) atoms. The highest BCUT2D eigenvalue weighted by Gasteiger charge is 2.56. The molecule has 6 atom stereocenters. The first-order valence-electron chi connectivity index (χ1n) is 18.3. The molecule has 1 aromatic heterocycles. The first-order chi connectivity index (χ1) is 24.3. The van der Waals surface area contributed by atoms with Crippen molar-refractivity contribution in [3.8, 4) is 11.4 Å². The van der Waals surface area contributed by atoms with Crippen molar-refractivity contribution in [2.24, 2.45) is 11.8 Å². The second kappa shape index (κ2) is 11.5. The first-order valence-corrected chi connectivity index (χ1v) is 18.3. The van der Waals surface area contributed by atoms with Gasteiger partial charge in [0.15, 0.2) is 5.82 Å². The molecular weight excluding hydrogens is 599 g/mol.